The molecule has 0 aliphatic rings. The van der Waals surface area contributed by atoms with Gasteiger partial charge in [0.15, 0.2) is 23.0 Å². The van der Waals surface area contributed by atoms with Crippen LogP contribution in [-0.2, 0) is 6.54 Å². The minimum absolute atomic E-state index is 0.256. The molecule has 11 nitrogen and oxygen atoms in total. The van der Waals surface area contributed by atoms with E-state index in [2.05, 4.69) is 5.32 Å². The zero-order valence-corrected chi connectivity index (χ0v) is 24.6. The van der Waals surface area contributed by atoms with Crippen LogP contribution in [0, 0.1) is 0 Å². The van der Waals surface area contributed by atoms with Gasteiger partial charge in [-0.05, 0) is 54.6 Å². The van der Waals surface area contributed by atoms with E-state index in [1.165, 1.54) is 7.11 Å². The Kier molecular flexibility index (Phi) is 8.51. The number of fused-ring (bicyclic) bond motifs is 1. The number of nitrogens with zero attached hydrogens (tertiary/aromatic N) is 2. The van der Waals surface area contributed by atoms with Crippen molar-refractivity contribution >= 4 is 16.9 Å². The van der Waals surface area contributed by atoms with Gasteiger partial charge in [-0.3, -0.25) is 4.79 Å². The number of ether oxygens (including phenoxy) is 6. The number of carbonyl (C=O) groups excluding carboxylic acids is 1. The van der Waals surface area contributed by atoms with Crippen molar-refractivity contribution in [2.45, 2.75) is 6.54 Å². The second-order valence-corrected chi connectivity index (χ2v) is 9.21. The normalized spacial score (nSPS) is 10.7. The molecule has 1 amide bonds. The number of rotatable bonds is 11. The summed E-state index contributed by atoms with van der Waals surface area (Å²) < 4.78 is 38.8. The van der Waals surface area contributed by atoms with Crippen molar-refractivity contribution in [2.24, 2.45) is 0 Å². The third kappa shape index (κ3) is 5.69. The van der Waals surface area contributed by atoms with Crippen LogP contribution in [0.1, 0.15) is 16.1 Å². The highest BCUT2D eigenvalue weighted by atomic mass is 16.5. The fraction of sp³-hybridized carbons (Fsp3) is 0.219. The topological polar surface area (TPSA) is 123 Å². The second kappa shape index (κ2) is 12.6. The fourth-order valence-corrected chi connectivity index (χ4v) is 4.72. The van der Waals surface area contributed by atoms with Crippen LogP contribution in [0.4, 0.5) is 0 Å². The minimum Gasteiger partial charge on any atom is -0.493 e. The Morgan fingerprint density at radius 2 is 1.19 bits per heavy atom. The first-order valence-electron chi connectivity index (χ1n) is 13.2. The number of methoxy groups -OCH3 is 6. The molecule has 5 aromatic rings. The van der Waals surface area contributed by atoms with E-state index in [9.17, 15) is 4.79 Å². The molecule has 3 aromatic carbocycles. The maximum Gasteiger partial charge on any atom is 0.251 e. The van der Waals surface area contributed by atoms with Gasteiger partial charge in [0.1, 0.15) is 5.76 Å². The standard InChI is InChI=1S/C32H31N3O8/c1-37-24-13-19(14-25(38-2)30(24)41-5)28-29(20-15-26(39-3)31(42-6)27(16-20)40-4)35-23-12-18(9-10-22(23)34-28)32(36)33-17-21-8-7-11-43-21/h7-16H,17H2,1-6H3,(H,33,36). The van der Waals surface area contributed by atoms with E-state index >= 15 is 0 Å². The average molecular weight is 586 g/mol. The number of furan rings is 1. The number of benzene rings is 3. The van der Waals surface area contributed by atoms with Crippen molar-refractivity contribution in [3.8, 4) is 57.0 Å². The number of hydrogen-bond donors (Lipinski definition) is 1. The molecule has 0 fully saturated rings. The van der Waals surface area contributed by atoms with Crippen LogP contribution >= 0.6 is 0 Å². The first kappa shape index (κ1) is 29.1. The molecule has 5 rings (SSSR count). The molecule has 43 heavy (non-hydrogen) atoms. The van der Waals surface area contributed by atoms with Gasteiger partial charge >= 0.3 is 0 Å². The molecule has 0 saturated carbocycles. The summed E-state index contributed by atoms with van der Waals surface area (Å²) in [5, 5.41) is 2.86. The monoisotopic (exact) mass is 585 g/mol. The molecule has 0 spiro atoms. The Hall–Kier alpha value is -5.45. The first-order chi connectivity index (χ1) is 20.9. The lowest BCUT2D eigenvalue weighted by Crippen LogP contribution is -2.22. The molecule has 0 aliphatic carbocycles. The molecule has 222 valence electrons. The van der Waals surface area contributed by atoms with E-state index in [-0.39, 0.29) is 12.5 Å². The molecule has 2 heterocycles. The van der Waals surface area contributed by atoms with Gasteiger partial charge in [-0.1, -0.05) is 0 Å². The van der Waals surface area contributed by atoms with E-state index in [0.29, 0.717) is 79.4 Å². The Balaban J connectivity index is 1.71. The van der Waals surface area contributed by atoms with E-state index in [1.54, 1.807) is 96.4 Å². The maximum atomic E-state index is 13.0. The lowest BCUT2D eigenvalue weighted by molar-refractivity contribution is 0.0948. The van der Waals surface area contributed by atoms with Crippen molar-refractivity contribution < 1.29 is 37.6 Å². The van der Waals surface area contributed by atoms with Crippen LogP contribution in [0.3, 0.4) is 0 Å². The van der Waals surface area contributed by atoms with Crippen molar-refractivity contribution in [3.63, 3.8) is 0 Å². The Bertz CT molecular complexity index is 1720. The third-order valence-corrected chi connectivity index (χ3v) is 6.81. The van der Waals surface area contributed by atoms with Crippen molar-refractivity contribution in [2.75, 3.05) is 42.7 Å². The summed E-state index contributed by atoms with van der Waals surface area (Å²) >= 11 is 0. The van der Waals surface area contributed by atoms with Crippen molar-refractivity contribution in [3.05, 3.63) is 72.2 Å². The van der Waals surface area contributed by atoms with Gasteiger partial charge in [0, 0.05) is 16.7 Å². The van der Waals surface area contributed by atoms with Crippen LogP contribution in [0.15, 0.2) is 65.3 Å². The van der Waals surface area contributed by atoms with Gasteiger partial charge in [-0.15, -0.1) is 0 Å². The van der Waals surface area contributed by atoms with Gasteiger partial charge in [-0.2, -0.15) is 0 Å². The molecule has 0 aliphatic heterocycles. The largest absolute Gasteiger partial charge is 0.493 e. The summed E-state index contributed by atoms with van der Waals surface area (Å²) in [7, 11) is 9.26. The highest BCUT2D eigenvalue weighted by Gasteiger charge is 2.22. The molecule has 2 aromatic heterocycles. The van der Waals surface area contributed by atoms with Gasteiger partial charge in [0.25, 0.3) is 5.91 Å². The van der Waals surface area contributed by atoms with E-state index < -0.39 is 0 Å². The first-order valence-corrected chi connectivity index (χ1v) is 13.2. The van der Waals surface area contributed by atoms with Crippen LogP contribution in [0.2, 0.25) is 0 Å². The quantitative estimate of drug-likeness (QED) is 0.211. The molecule has 0 atom stereocenters. The predicted molar refractivity (Wildman–Crippen MR) is 160 cm³/mol. The number of nitrogens with one attached hydrogen (secondary N) is 1. The molecule has 0 unspecified atom stereocenters. The molecular formula is C32H31N3O8. The van der Waals surface area contributed by atoms with E-state index in [0.717, 1.165) is 0 Å². The third-order valence-electron chi connectivity index (χ3n) is 6.81. The predicted octanol–water partition coefficient (Wildman–Crippen LogP) is 5.54. The smallest absolute Gasteiger partial charge is 0.251 e. The van der Waals surface area contributed by atoms with E-state index in [1.807, 2.05) is 0 Å². The summed E-state index contributed by atoms with van der Waals surface area (Å²) in [6.07, 6.45) is 1.56. The highest BCUT2D eigenvalue weighted by Crippen LogP contribution is 2.45. The number of hydrogen-bond acceptors (Lipinski definition) is 10. The lowest BCUT2D eigenvalue weighted by Gasteiger charge is -2.18. The van der Waals surface area contributed by atoms with Crippen LogP contribution in [-0.4, -0.2) is 58.5 Å². The molecular weight excluding hydrogens is 554 g/mol. The number of carbonyl (C=O) groups is 1. The number of amides is 1. The van der Waals surface area contributed by atoms with Crippen LogP contribution in [0.5, 0.6) is 34.5 Å². The Labute approximate surface area is 248 Å². The Morgan fingerprint density at radius 1 is 0.674 bits per heavy atom. The van der Waals surface area contributed by atoms with Crippen LogP contribution in [0.25, 0.3) is 33.5 Å². The van der Waals surface area contributed by atoms with Crippen molar-refractivity contribution in [1.29, 1.82) is 0 Å². The fourth-order valence-electron chi connectivity index (χ4n) is 4.72. The molecule has 0 bridgehead atoms. The van der Waals surface area contributed by atoms with Gasteiger partial charge < -0.3 is 38.2 Å². The van der Waals surface area contributed by atoms with Gasteiger partial charge in [0.2, 0.25) is 11.5 Å². The van der Waals surface area contributed by atoms with Gasteiger partial charge in [-0.25, -0.2) is 9.97 Å². The Morgan fingerprint density at radius 3 is 1.63 bits per heavy atom. The SMILES string of the molecule is COc1cc(-c2nc3ccc(C(=O)NCc4ccco4)cc3nc2-c2cc(OC)c(OC)c(OC)c2)cc(OC)c1OC. The number of aromatic nitrogens is 2. The zero-order chi connectivity index (χ0) is 30.5. The maximum absolute atomic E-state index is 13.0. The van der Waals surface area contributed by atoms with Gasteiger partial charge in [0.05, 0.1) is 77.9 Å². The molecule has 0 saturated heterocycles. The lowest BCUT2D eigenvalue weighted by atomic mass is 10.0. The molecule has 1 N–H and O–H groups in total. The van der Waals surface area contributed by atoms with Crippen molar-refractivity contribution in [1.82, 2.24) is 15.3 Å². The van der Waals surface area contributed by atoms with E-state index in [4.69, 9.17) is 42.8 Å². The minimum atomic E-state index is -0.275. The summed E-state index contributed by atoms with van der Waals surface area (Å²) in [4.78, 5) is 23.0. The second-order valence-electron chi connectivity index (χ2n) is 9.21. The summed E-state index contributed by atoms with van der Waals surface area (Å²) in [6, 6.07) is 15.9. The average Bonchev–Trinajstić information content (AvgIpc) is 3.58. The van der Waals surface area contributed by atoms with Crippen LogP contribution < -0.4 is 33.7 Å². The molecule has 11 heteroatoms. The highest BCUT2D eigenvalue weighted by molar-refractivity contribution is 5.98. The summed E-state index contributed by atoms with van der Waals surface area (Å²) in [6.45, 7) is 0.256. The summed E-state index contributed by atoms with van der Waals surface area (Å²) in [5.41, 5.74) is 3.82. The zero-order valence-electron chi connectivity index (χ0n) is 24.6. The summed E-state index contributed by atoms with van der Waals surface area (Å²) in [5.74, 6) is 3.06. The molecule has 0 radical (unpaired) electrons.